The lowest BCUT2D eigenvalue weighted by atomic mass is 10.1. The van der Waals surface area contributed by atoms with E-state index in [0.717, 1.165) is 44.3 Å². The Morgan fingerprint density at radius 2 is 1.91 bits per heavy atom. The van der Waals surface area contributed by atoms with Crippen LogP contribution in [0, 0.1) is 6.92 Å². The molecule has 0 saturated carbocycles. The Bertz CT molecular complexity index is 1170. The third kappa shape index (κ3) is 4.45. The molecule has 0 aromatic heterocycles. The molecule has 2 aromatic carbocycles. The first-order valence-corrected chi connectivity index (χ1v) is 13.0. The molecule has 5 rings (SSSR count). The number of benzene rings is 2. The number of sulfonamides is 1. The maximum atomic E-state index is 13.6. The van der Waals surface area contributed by atoms with Gasteiger partial charge in [-0.05, 0) is 56.4 Å². The van der Waals surface area contributed by atoms with Gasteiger partial charge in [0.15, 0.2) is 5.75 Å². The van der Waals surface area contributed by atoms with Crippen molar-refractivity contribution in [2.24, 2.45) is 0 Å². The van der Waals surface area contributed by atoms with E-state index in [1.54, 1.807) is 12.1 Å². The van der Waals surface area contributed by atoms with Gasteiger partial charge in [-0.2, -0.15) is 4.31 Å². The molecular formula is C24H29N3O5S. The molecule has 2 saturated heterocycles. The number of rotatable bonds is 5. The molecule has 9 heteroatoms. The molecule has 176 valence electrons. The molecule has 8 nitrogen and oxygen atoms in total. The van der Waals surface area contributed by atoms with Crippen molar-refractivity contribution in [1.29, 1.82) is 0 Å². The fourth-order valence-electron chi connectivity index (χ4n) is 4.59. The van der Waals surface area contributed by atoms with E-state index in [1.165, 1.54) is 10.4 Å². The molecule has 2 fully saturated rings. The maximum Gasteiger partial charge on any atom is 0.259 e. The number of amides is 1. The first-order chi connectivity index (χ1) is 15.9. The van der Waals surface area contributed by atoms with Crippen LogP contribution in [0.2, 0.25) is 0 Å². The van der Waals surface area contributed by atoms with Crippen LogP contribution < -0.4 is 15.4 Å². The molecule has 1 atom stereocenters. The van der Waals surface area contributed by atoms with E-state index in [9.17, 15) is 13.2 Å². The monoisotopic (exact) mass is 471 g/mol. The summed E-state index contributed by atoms with van der Waals surface area (Å²) < 4.78 is 40.6. The minimum atomic E-state index is -3.79. The van der Waals surface area contributed by atoms with Crippen molar-refractivity contribution in [3.05, 3.63) is 41.5 Å². The van der Waals surface area contributed by atoms with Gasteiger partial charge in [0.05, 0.1) is 23.0 Å². The quantitative estimate of drug-likeness (QED) is 0.681. The van der Waals surface area contributed by atoms with Gasteiger partial charge in [-0.15, -0.1) is 0 Å². The average Bonchev–Trinajstić information content (AvgIpc) is 3.29. The first-order valence-electron chi connectivity index (χ1n) is 11.6. The van der Waals surface area contributed by atoms with E-state index in [2.05, 4.69) is 10.6 Å². The number of nitrogens with zero attached hydrogens (tertiary/aromatic N) is 1. The Labute approximate surface area is 194 Å². The minimum absolute atomic E-state index is 0.0299. The molecule has 2 aromatic rings. The second-order valence-corrected chi connectivity index (χ2v) is 10.8. The van der Waals surface area contributed by atoms with Gasteiger partial charge in [0, 0.05) is 32.3 Å². The molecule has 0 spiro atoms. The van der Waals surface area contributed by atoms with Crippen molar-refractivity contribution in [2.45, 2.75) is 50.0 Å². The summed E-state index contributed by atoms with van der Waals surface area (Å²) in [6.07, 6.45) is 4.64. The first kappa shape index (κ1) is 22.2. The topological polar surface area (TPSA) is 97.0 Å². The molecule has 2 N–H and O–H groups in total. The number of carbonyl (C=O) groups excluding carboxylic acids is 1. The summed E-state index contributed by atoms with van der Waals surface area (Å²) in [5.74, 6) is 0.446. The smallest absolute Gasteiger partial charge is 0.259 e. The van der Waals surface area contributed by atoms with Gasteiger partial charge in [-0.1, -0.05) is 12.5 Å². The van der Waals surface area contributed by atoms with Gasteiger partial charge >= 0.3 is 0 Å². The Kier molecular flexibility index (Phi) is 6.03. The maximum absolute atomic E-state index is 13.6. The fourth-order valence-corrected chi connectivity index (χ4v) is 6.28. The number of carbonyl (C=O) groups is 1. The summed E-state index contributed by atoms with van der Waals surface area (Å²) in [7, 11) is -3.79. The van der Waals surface area contributed by atoms with Gasteiger partial charge in [-0.25, -0.2) is 8.42 Å². The number of ether oxygens (including phenoxy) is 2. The van der Waals surface area contributed by atoms with Gasteiger partial charge in [0.2, 0.25) is 10.0 Å². The number of nitrogens with one attached hydrogen (secondary N) is 2. The highest BCUT2D eigenvalue weighted by Gasteiger charge is 2.32. The van der Waals surface area contributed by atoms with Gasteiger partial charge in [0.25, 0.3) is 5.91 Å². The predicted molar refractivity (Wildman–Crippen MR) is 126 cm³/mol. The van der Waals surface area contributed by atoms with Gasteiger partial charge in [-0.3, -0.25) is 4.79 Å². The van der Waals surface area contributed by atoms with Crippen LogP contribution in [0.25, 0.3) is 0 Å². The highest BCUT2D eigenvalue weighted by Crippen LogP contribution is 2.40. The Balaban J connectivity index is 1.57. The van der Waals surface area contributed by atoms with Crippen molar-refractivity contribution in [2.75, 3.05) is 36.9 Å². The molecule has 33 heavy (non-hydrogen) atoms. The van der Waals surface area contributed by atoms with E-state index < -0.39 is 15.9 Å². The van der Waals surface area contributed by atoms with E-state index in [1.807, 2.05) is 19.1 Å². The zero-order valence-electron chi connectivity index (χ0n) is 18.7. The van der Waals surface area contributed by atoms with Crippen LogP contribution in [-0.2, 0) is 14.8 Å². The molecule has 1 amide bonds. The third-order valence-corrected chi connectivity index (χ3v) is 8.35. The highest BCUT2D eigenvalue weighted by molar-refractivity contribution is 7.89. The normalized spacial score (nSPS) is 20.9. The summed E-state index contributed by atoms with van der Waals surface area (Å²) in [4.78, 5) is 13.2. The second-order valence-electron chi connectivity index (χ2n) is 8.88. The molecule has 0 radical (unpaired) electrons. The zero-order chi connectivity index (χ0) is 23.0. The van der Waals surface area contributed by atoms with E-state index in [-0.39, 0.29) is 16.6 Å². The molecular weight excluding hydrogens is 442 g/mol. The zero-order valence-corrected chi connectivity index (χ0v) is 19.5. The van der Waals surface area contributed by atoms with Crippen molar-refractivity contribution in [3.8, 4) is 11.5 Å². The Morgan fingerprint density at radius 1 is 1.09 bits per heavy atom. The lowest BCUT2D eigenvalue weighted by Gasteiger charge is -2.27. The van der Waals surface area contributed by atoms with Gasteiger partial charge in [0.1, 0.15) is 10.6 Å². The number of piperidine rings is 1. The predicted octanol–water partition coefficient (Wildman–Crippen LogP) is 4.12. The number of anilines is 2. The van der Waals surface area contributed by atoms with Crippen molar-refractivity contribution in [1.82, 2.24) is 4.31 Å². The number of aryl methyl sites for hydroxylation is 1. The standard InChI is InChI=1S/C24H29N3O5S/c1-16-7-8-21-19(12-16)26-24(28)18-13-23(33(29,30)27-9-3-2-4-10-27)20(14-22(18)32-21)25-15-17-6-5-11-31-17/h7-8,12-14,17,25H,2-6,9-11,15H2,1H3,(H,26,28)/t17-/m0/s1. The van der Waals surface area contributed by atoms with Crippen LogP contribution in [0.15, 0.2) is 35.2 Å². The highest BCUT2D eigenvalue weighted by atomic mass is 32.2. The minimum Gasteiger partial charge on any atom is -0.454 e. The van der Waals surface area contributed by atoms with Crippen LogP contribution in [0.1, 0.15) is 48.0 Å². The van der Waals surface area contributed by atoms with Crippen LogP contribution in [0.5, 0.6) is 11.5 Å². The third-order valence-electron chi connectivity index (χ3n) is 6.41. The SMILES string of the molecule is Cc1ccc2c(c1)NC(=O)c1cc(S(=O)(=O)N3CCCCC3)c(NC[C@@H]3CCCO3)cc1O2. The van der Waals surface area contributed by atoms with Gasteiger partial charge < -0.3 is 20.1 Å². The van der Waals surface area contributed by atoms with Crippen LogP contribution in [0.3, 0.4) is 0 Å². The molecule has 3 aliphatic rings. The molecule has 3 aliphatic heterocycles. The van der Waals surface area contributed by atoms with Crippen LogP contribution >= 0.6 is 0 Å². The van der Waals surface area contributed by atoms with E-state index in [0.29, 0.717) is 42.5 Å². The number of hydrogen-bond acceptors (Lipinski definition) is 6. The van der Waals surface area contributed by atoms with Crippen LogP contribution in [-0.4, -0.2) is 51.0 Å². The number of fused-ring (bicyclic) bond motifs is 2. The van der Waals surface area contributed by atoms with Crippen LogP contribution in [0.4, 0.5) is 11.4 Å². The molecule has 0 bridgehead atoms. The summed E-state index contributed by atoms with van der Waals surface area (Å²) in [6.45, 7) is 4.11. The lowest BCUT2D eigenvalue weighted by Crippen LogP contribution is -2.36. The summed E-state index contributed by atoms with van der Waals surface area (Å²) in [6, 6.07) is 8.63. The molecule has 0 aliphatic carbocycles. The summed E-state index contributed by atoms with van der Waals surface area (Å²) in [5, 5.41) is 6.14. The fraction of sp³-hybridized carbons (Fsp3) is 0.458. The summed E-state index contributed by atoms with van der Waals surface area (Å²) >= 11 is 0. The van der Waals surface area contributed by atoms with E-state index in [4.69, 9.17) is 9.47 Å². The largest absolute Gasteiger partial charge is 0.454 e. The average molecular weight is 472 g/mol. The van der Waals surface area contributed by atoms with Crippen molar-refractivity contribution in [3.63, 3.8) is 0 Å². The second kappa shape index (κ2) is 8.96. The lowest BCUT2D eigenvalue weighted by molar-refractivity contribution is 0.102. The van der Waals surface area contributed by atoms with Crippen molar-refractivity contribution >= 4 is 27.3 Å². The Hall–Kier alpha value is -2.62. The molecule has 0 unspecified atom stereocenters. The molecule has 3 heterocycles. The summed E-state index contributed by atoms with van der Waals surface area (Å²) in [5.41, 5.74) is 2.17. The Morgan fingerprint density at radius 3 is 2.67 bits per heavy atom. The van der Waals surface area contributed by atoms with E-state index >= 15 is 0 Å². The number of hydrogen-bond donors (Lipinski definition) is 2. The van der Waals surface area contributed by atoms with Crippen molar-refractivity contribution < 1.29 is 22.7 Å².